The predicted octanol–water partition coefficient (Wildman–Crippen LogP) is -0.395. The van der Waals surface area contributed by atoms with E-state index in [1.807, 2.05) is 0 Å². The number of primary sulfonamides is 1. The fourth-order valence-corrected chi connectivity index (χ4v) is 1.45. The van der Waals surface area contributed by atoms with Gasteiger partial charge in [-0.3, -0.25) is 0 Å². The van der Waals surface area contributed by atoms with Gasteiger partial charge in [0.05, 0.1) is 11.8 Å². The van der Waals surface area contributed by atoms with Crippen molar-refractivity contribution in [3.05, 3.63) is 18.6 Å². The fraction of sp³-hybridized carbons (Fsp3) is 0. The quantitative estimate of drug-likeness (QED) is 0.651. The molecule has 68 valence electrons. The maximum absolute atomic E-state index is 10.9. The van der Waals surface area contributed by atoms with E-state index in [1.54, 1.807) is 0 Å². The van der Waals surface area contributed by atoms with Crippen molar-refractivity contribution in [1.82, 2.24) is 15.0 Å². The largest absolute Gasteiger partial charge is 0.343 e. The van der Waals surface area contributed by atoms with Gasteiger partial charge in [0, 0.05) is 6.20 Å². The minimum atomic E-state index is -3.68. The molecule has 0 aliphatic heterocycles. The van der Waals surface area contributed by atoms with Crippen molar-refractivity contribution in [2.45, 2.75) is 4.90 Å². The summed E-state index contributed by atoms with van der Waals surface area (Å²) in [5.41, 5.74) is 1.01. The summed E-state index contributed by atoms with van der Waals surface area (Å²) in [6, 6.07) is 1.39. The molecule has 0 saturated heterocycles. The molecule has 13 heavy (non-hydrogen) atoms. The third-order valence-corrected chi connectivity index (χ3v) is 2.46. The molecule has 0 amide bonds. The van der Waals surface area contributed by atoms with E-state index >= 15 is 0 Å². The summed E-state index contributed by atoms with van der Waals surface area (Å²) in [6.45, 7) is 0. The lowest BCUT2D eigenvalue weighted by molar-refractivity contribution is 0.597. The number of hydrogen-bond acceptors (Lipinski definition) is 4. The van der Waals surface area contributed by atoms with Crippen LogP contribution in [0.25, 0.3) is 11.2 Å². The number of aromatic amines is 1. The van der Waals surface area contributed by atoms with Crippen molar-refractivity contribution >= 4 is 21.2 Å². The SMILES string of the molecule is NS(=O)(=O)c1cnc2nc[nH]c2c1. The second-order valence-corrected chi connectivity index (χ2v) is 4.05. The number of pyridine rings is 1. The lowest BCUT2D eigenvalue weighted by Gasteiger charge is -1.95. The minimum Gasteiger partial charge on any atom is -0.343 e. The summed E-state index contributed by atoms with van der Waals surface area (Å²) in [7, 11) is -3.68. The van der Waals surface area contributed by atoms with E-state index in [2.05, 4.69) is 15.0 Å². The highest BCUT2D eigenvalue weighted by molar-refractivity contribution is 7.89. The maximum atomic E-state index is 10.9. The van der Waals surface area contributed by atoms with Gasteiger partial charge in [-0.2, -0.15) is 0 Å². The van der Waals surface area contributed by atoms with Crippen LogP contribution in [0.4, 0.5) is 0 Å². The molecule has 2 aromatic rings. The van der Waals surface area contributed by atoms with E-state index in [-0.39, 0.29) is 4.90 Å². The Hall–Kier alpha value is -1.47. The number of nitrogens with one attached hydrogen (secondary N) is 1. The smallest absolute Gasteiger partial charge is 0.239 e. The maximum Gasteiger partial charge on any atom is 0.239 e. The number of rotatable bonds is 1. The Kier molecular flexibility index (Phi) is 1.57. The zero-order valence-corrected chi connectivity index (χ0v) is 7.25. The molecule has 0 fully saturated rings. The Morgan fingerprint density at radius 2 is 2.15 bits per heavy atom. The molecule has 6 nitrogen and oxygen atoms in total. The van der Waals surface area contributed by atoms with Gasteiger partial charge < -0.3 is 4.98 Å². The first-order valence-corrected chi connectivity index (χ1v) is 4.94. The van der Waals surface area contributed by atoms with Crippen LogP contribution < -0.4 is 5.14 Å². The fourth-order valence-electron chi connectivity index (χ4n) is 0.966. The number of aromatic nitrogens is 3. The molecule has 2 rings (SSSR count). The average molecular weight is 198 g/mol. The molecule has 0 spiro atoms. The third kappa shape index (κ3) is 1.38. The molecule has 0 saturated carbocycles. The Balaban J connectivity index is 2.75. The zero-order valence-electron chi connectivity index (χ0n) is 6.43. The van der Waals surface area contributed by atoms with Crippen molar-refractivity contribution in [2.75, 3.05) is 0 Å². The third-order valence-electron chi connectivity index (χ3n) is 1.58. The molecule has 2 aromatic heterocycles. The van der Waals surface area contributed by atoms with E-state index in [0.29, 0.717) is 11.2 Å². The Labute approximate surface area is 73.9 Å². The second kappa shape index (κ2) is 2.51. The molecule has 0 atom stereocenters. The lowest BCUT2D eigenvalue weighted by Crippen LogP contribution is -2.12. The van der Waals surface area contributed by atoms with Crippen LogP contribution in [0.5, 0.6) is 0 Å². The summed E-state index contributed by atoms with van der Waals surface area (Å²) in [6.07, 6.45) is 2.61. The van der Waals surface area contributed by atoms with Crippen molar-refractivity contribution in [3.63, 3.8) is 0 Å². The molecular weight excluding hydrogens is 192 g/mol. The molecule has 0 aliphatic carbocycles. The van der Waals surface area contributed by atoms with E-state index in [1.165, 1.54) is 18.6 Å². The zero-order chi connectivity index (χ0) is 9.47. The van der Waals surface area contributed by atoms with Gasteiger partial charge in [0.1, 0.15) is 4.90 Å². The number of sulfonamides is 1. The van der Waals surface area contributed by atoms with Gasteiger partial charge >= 0.3 is 0 Å². The Morgan fingerprint density at radius 1 is 1.38 bits per heavy atom. The summed E-state index contributed by atoms with van der Waals surface area (Å²) in [5.74, 6) is 0. The number of nitrogens with two attached hydrogens (primary N) is 1. The normalized spacial score (nSPS) is 12.1. The molecule has 0 radical (unpaired) electrons. The van der Waals surface area contributed by atoms with Crippen molar-refractivity contribution in [2.24, 2.45) is 5.14 Å². The number of nitrogens with zero attached hydrogens (tertiary/aromatic N) is 2. The summed E-state index contributed by atoms with van der Waals surface area (Å²) >= 11 is 0. The van der Waals surface area contributed by atoms with E-state index in [4.69, 9.17) is 5.14 Å². The minimum absolute atomic E-state index is 0.0238. The predicted molar refractivity (Wildman–Crippen MR) is 45.3 cm³/mol. The topological polar surface area (TPSA) is 102 Å². The highest BCUT2D eigenvalue weighted by Gasteiger charge is 2.09. The molecule has 0 bridgehead atoms. The molecule has 0 aliphatic rings. The van der Waals surface area contributed by atoms with Gasteiger partial charge in [-0.05, 0) is 6.07 Å². The first-order chi connectivity index (χ1) is 6.07. The van der Waals surface area contributed by atoms with Crippen LogP contribution in [0.2, 0.25) is 0 Å². The van der Waals surface area contributed by atoms with Gasteiger partial charge in [-0.15, -0.1) is 0 Å². The van der Waals surface area contributed by atoms with Gasteiger partial charge in [-0.1, -0.05) is 0 Å². The van der Waals surface area contributed by atoms with Crippen LogP contribution in [0.15, 0.2) is 23.5 Å². The number of hydrogen-bond donors (Lipinski definition) is 2. The Bertz CT molecular complexity index is 545. The molecule has 0 unspecified atom stereocenters. The van der Waals surface area contributed by atoms with Crippen LogP contribution in [-0.2, 0) is 10.0 Å². The van der Waals surface area contributed by atoms with Gasteiger partial charge in [0.15, 0.2) is 5.65 Å². The Morgan fingerprint density at radius 3 is 2.85 bits per heavy atom. The molecule has 7 heteroatoms. The van der Waals surface area contributed by atoms with Gasteiger partial charge in [0.2, 0.25) is 10.0 Å². The average Bonchev–Trinajstić information content (AvgIpc) is 2.47. The second-order valence-electron chi connectivity index (χ2n) is 2.49. The van der Waals surface area contributed by atoms with E-state index < -0.39 is 10.0 Å². The molecular formula is C6H6N4O2S. The van der Waals surface area contributed by atoms with Crippen molar-refractivity contribution < 1.29 is 8.42 Å². The number of fused-ring (bicyclic) bond motifs is 1. The standard InChI is InChI=1S/C6H6N4O2S/c7-13(11,12)4-1-5-6(8-2-4)10-3-9-5/h1-3H,(H2,7,11,12)(H,8,9,10). The first-order valence-electron chi connectivity index (χ1n) is 3.39. The summed E-state index contributed by atoms with van der Waals surface area (Å²) in [5, 5.41) is 4.91. The van der Waals surface area contributed by atoms with Crippen LogP contribution in [0.3, 0.4) is 0 Å². The number of imidazole rings is 1. The summed E-state index contributed by atoms with van der Waals surface area (Å²) < 4.78 is 21.8. The molecule has 2 heterocycles. The first kappa shape index (κ1) is 8.14. The highest BCUT2D eigenvalue weighted by Crippen LogP contribution is 2.11. The van der Waals surface area contributed by atoms with Crippen molar-refractivity contribution in [1.29, 1.82) is 0 Å². The molecule has 0 aromatic carbocycles. The van der Waals surface area contributed by atoms with Gasteiger partial charge in [0.25, 0.3) is 0 Å². The van der Waals surface area contributed by atoms with Gasteiger partial charge in [-0.25, -0.2) is 23.5 Å². The lowest BCUT2D eigenvalue weighted by atomic mass is 10.4. The van der Waals surface area contributed by atoms with E-state index in [9.17, 15) is 8.42 Å². The van der Waals surface area contributed by atoms with E-state index in [0.717, 1.165) is 0 Å². The molecule has 3 N–H and O–H groups in total. The van der Waals surface area contributed by atoms with Crippen LogP contribution in [0.1, 0.15) is 0 Å². The highest BCUT2D eigenvalue weighted by atomic mass is 32.2. The summed E-state index contributed by atoms with van der Waals surface area (Å²) in [4.78, 5) is 10.4. The number of H-pyrrole nitrogens is 1. The van der Waals surface area contributed by atoms with Crippen molar-refractivity contribution in [3.8, 4) is 0 Å². The monoisotopic (exact) mass is 198 g/mol. The van der Waals surface area contributed by atoms with Crippen LogP contribution in [-0.4, -0.2) is 23.4 Å². The van der Waals surface area contributed by atoms with Crippen LogP contribution in [0, 0.1) is 0 Å². The van der Waals surface area contributed by atoms with Crippen LogP contribution >= 0.6 is 0 Å².